The maximum atomic E-state index is 11.8. The molecule has 1 rings (SSSR count). The number of hydrogen-bond donors (Lipinski definition) is 3. The summed E-state index contributed by atoms with van der Waals surface area (Å²) < 4.78 is 9.69. The molecule has 1 aliphatic rings. The predicted molar refractivity (Wildman–Crippen MR) is 67.4 cm³/mol. The van der Waals surface area contributed by atoms with Gasteiger partial charge in [0.1, 0.15) is 6.54 Å². The number of carbonyl (C=O) groups excluding carboxylic acids is 3. The Kier molecular flexibility index (Phi) is 6.40. The lowest BCUT2D eigenvalue weighted by atomic mass is 10.3. The fourth-order valence-electron chi connectivity index (χ4n) is 1.61. The molecule has 10 heteroatoms. The number of hydrogen-bond acceptors (Lipinski definition) is 6. The number of esters is 1. The zero-order valence-electron chi connectivity index (χ0n) is 11.5. The van der Waals surface area contributed by atoms with Gasteiger partial charge in [0.15, 0.2) is 6.10 Å². The lowest BCUT2D eigenvalue weighted by Gasteiger charge is -2.31. The third kappa shape index (κ3) is 5.65. The molecule has 0 aliphatic carbocycles. The molecule has 21 heavy (non-hydrogen) atoms. The van der Waals surface area contributed by atoms with E-state index in [0.717, 1.165) is 0 Å². The third-order valence-electron chi connectivity index (χ3n) is 2.65. The summed E-state index contributed by atoms with van der Waals surface area (Å²) in [5.41, 5.74) is 0. The number of carboxylic acids is 1. The molecule has 118 valence electrons. The molecule has 0 bridgehead atoms. The molecule has 3 N–H and O–H groups in total. The summed E-state index contributed by atoms with van der Waals surface area (Å²) in [6.45, 7) is -0.396. The van der Waals surface area contributed by atoms with Crippen molar-refractivity contribution in [1.29, 1.82) is 0 Å². The number of carbonyl (C=O) groups is 4. The van der Waals surface area contributed by atoms with Gasteiger partial charge >= 0.3 is 18.0 Å². The van der Waals surface area contributed by atoms with Crippen LogP contribution in [0.25, 0.3) is 0 Å². The molecule has 0 radical (unpaired) electrons. The Bertz CT molecular complexity index is 426. The van der Waals surface area contributed by atoms with E-state index in [1.165, 1.54) is 12.0 Å². The number of nitrogens with one attached hydrogen (secondary N) is 2. The minimum Gasteiger partial charge on any atom is -0.480 e. The Labute approximate surface area is 120 Å². The van der Waals surface area contributed by atoms with Crippen LogP contribution in [0.5, 0.6) is 0 Å². The molecule has 10 nitrogen and oxygen atoms in total. The van der Waals surface area contributed by atoms with Gasteiger partial charge in [-0.2, -0.15) is 0 Å². The monoisotopic (exact) mass is 303 g/mol. The van der Waals surface area contributed by atoms with Gasteiger partial charge in [-0.05, 0) is 0 Å². The lowest BCUT2D eigenvalue weighted by Crippen LogP contribution is -2.53. The molecule has 0 aromatic carbocycles. The molecule has 0 saturated carbocycles. The van der Waals surface area contributed by atoms with E-state index >= 15 is 0 Å². The van der Waals surface area contributed by atoms with E-state index in [9.17, 15) is 19.2 Å². The van der Waals surface area contributed by atoms with Crippen molar-refractivity contribution in [2.45, 2.75) is 6.10 Å². The van der Waals surface area contributed by atoms with Gasteiger partial charge in [0, 0.05) is 6.54 Å². The second-order valence-corrected chi connectivity index (χ2v) is 4.16. The van der Waals surface area contributed by atoms with Crippen LogP contribution in [-0.2, 0) is 23.9 Å². The van der Waals surface area contributed by atoms with E-state index in [1.807, 2.05) is 0 Å². The lowest BCUT2D eigenvalue weighted by molar-refractivity contribution is -0.158. The van der Waals surface area contributed by atoms with Crippen LogP contribution < -0.4 is 10.6 Å². The number of methoxy groups -OCH3 is 1. The van der Waals surface area contributed by atoms with Crippen molar-refractivity contribution in [2.75, 3.05) is 39.9 Å². The molecular weight excluding hydrogens is 286 g/mol. The molecule has 0 spiro atoms. The van der Waals surface area contributed by atoms with Crippen LogP contribution in [-0.4, -0.2) is 79.9 Å². The molecule has 1 unspecified atom stereocenters. The normalized spacial score (nSPS) is 17.8. The van der Waals surface area contributed by atoms with Crippen molar-refractivity contribution >= 4 is 23.9 Å². The van der Waals surface area contributed by atoms with Gasteiger partial charge in [-0.25, -0.2) is 9.59 Å². The van der Waals surface area contributed by atoms with Gasteiger partial charge in [0.05, 0.1) is 26.8 Å². The van der Waals surface area contributed by atoms with E-state index in [2.05, 4.69) is 15.4 Å². The Morgan fingerprint density at radius 3 is 2.62 bits per heavy atom. The highest BCUT2D eigenvalue weighted by Gasteiger charge is 2.29. The average Bonchev–Trinajstić information content (AvgIpc) is 2.49. The van der Waals surface area contributed by atoms with Crippen molar-refractivity contribution in [2.24, 2.45) is 0 Å². The van der Waals surface area contributed by atoms with Gasteiger partial charge in [0.2, 0.25) is 5.91 Å². The molecular formula is C11H17N3O7. The summed E-state index contributed by atoms with van der Waals surface area (Å²) in [4.78, 5) is 45.9. The number of ether oxygens (including phenoxy) is 2. The number of aliphatic carboxylic acids is 1. The van der Waals surface area contributed by atoms with Gasteiger partial charge in [-0.1, -0.05) is 0 Å². The topological polar surface area (TPSA) is 134 Å². The molecule has 1 fully saturated rings. The van der Waals surface area contributed by atoms with Crippen LogP contribution in [0.3, 0.4) is 0 Å². The molecule has 1 atom stereocenters. The first kappa shape index (κ1) is 16.7. The smallest absolute Gasteiger partial charge is 0.336 e. The SMILES string of the molecule is COC(=O)C1CN(C(=O)NCC(=O)NCC(=O)O)CCO1. The van der Waals surface area contributed by atoms with E-state index in [-0.39, 0.29) is 26.2 Å². The first-order valence-electron chi connectivity index (χ1n) is 6.14. The fraction of sp³-hybridized carbons (Fsp3) is 0.636. The van der Waals surface area contributed by atoms with Gasteiger partial charge < -0.3 is 30.1 Å². The number of morpholine rings is 1. The third-order valence-corrected chi connectivity index (χ3v) is 2.65. The van der Waals surface area contributed by atoms with Crippen molar-refractivity contribution in [3.63, 3.8) is 0 Å². The summed E-state index contributed by atoms with van der Waals surface area (Å²) in [7, 11) is 1.22. The summed E-state index contributed by atoms with van der Waals surface area (Å²) in [6, 6.07) is -0.544. The Morgan fingerprint density at radius 1 is 1.29 bits per heavy atom. The van der Waals surface area contributed by atoms with Crippen molar-refractivity contribution in [1.82, 2.24) is 15.5 Å². The molecule has 3 amide bonds. The second-order valence-electron chi connectivity index (χ2n) is 4.16. The molecule has 0 aromatic rings. The van der Waals surface area contributed by atoms with Crippen LogP contribution in [0.2, 0.25) is 0 Å². The van der Waals surface area contributed by atoms with Crippen LogP contribution in [0.15, 0.2) is 0 Å². The van der Waals surface area contributed by atoms with E-state index < -0.39 is 36.5 Å². The largest absolute Gasteiger partial charge is 0.480 e. The highest BCUT2D eigenvalue weighted by molar-refractivity contribution is 5.86. The minimum absolute atomic E-state index is 0.0231. The molecule has 1 saturated heterocycles. The van der Waals surface area contributed by atoms with Gasteiger partial charge in [-0.3, -0.25) is 9.59 Å². The van der Waals surface area contributed by atoms with Crippen LogP contribution >= 0.6 is 0 Å². The second kappa shape index (κ2) is 8.04. The van der Waals surface area contributed by atoms with Crippen LogP contribution in [0.4, 0.5) is 4.79 Å². The van der Waals surface area contributed by atoms with E-state index in [4.69, 9.17) is 9.84 Å². The summed E-state index contributed by atoms with van der Waals surface area (Å²) in [6.07, 6.45) is -0.852. The maximum absolute atomic E-state index is 11.8. The summed E-state index contributed by atoms with van der Waals surface area (Å²) in [5, 5.41) is 12.8. The molecule has 1 heterocycles. The minimum atomic E-state index is -1.18. The van der Waals surface area contributed by atoms with E-state index in [1.54, 1.807) is 0 Å². The number of nitrogens with zero attached hydrogens (tertiary/aromatic N) is 1. The van der Waals surface area contributed by atoms with Crippen LogP contribution in [0, 0.1) is 0 Å². The quantitative estimate of drug-likeness (QED) is 0.489. The molecule has 1 aliphatic heterocycles. The Morgan fingerprint density at radius 2 is 2.00 bits per heavy atom. The average molecular weight is 303 g/mol. The number of carboxylic acid groups (broad SMARTS) is 1. The van der Waals surface area contributed by atoms with Gasteiger partial charge in [0.25, 0.3) is 0 Å². The zero-order chi connectivity index (χ0) is 15.8. The fourth-order valence-corrected chi connectivity index (χ4v) is 1.61. The highest BCUT2D eigenvalue weighted by atomic mass is 16.6. The summed E-state index contributed by atoms with van der Waals surface area (Å²) in [5.74, 6) is -2.38. The molecule has 0 aromatic heterocycles. The zero-order valence-corrected chi connectivity index (χ0v) is 11.5. The first-order chi connectivity index (χ1) is 9.93. The highest BCUT2D eigenvalue weighted by Crippen LogP contribution is 2.06. The van der Waals surface area contributed by atoms with Gasteiger partial charge in [-0.15, -0.1) is 0 Å². The van der Waals surface area contributed by atoms with Crippen LogP contribution in [0.1, 0.15) is 0 Å². The maximum Gasteiger partial charge on any atom is 0.336 e. The number of urea groups is 1. The number of rotatable bonds is 5. The Hall–Kier alpha value is -2.36. The predicted octanol–water partition coefficient (Wildman–Crippen LogP) is -2.23. The standard InChI is InChI=1S/C11H17N3O7/c1-20-10(18)7-6-14(2-3-21-7)11(19)13-4-8(15)12-5-9(16)17/h7H,2-6H2,1H3,(H,12,15)(H,13,19)(H,16,17). The first-order valence-corrected chi connectivity index (χ1v) is 6.14. The van der Waals surface area contributed by atoms with Crippen molar-refractivity contribution < 1.29 is 33.8 Å². The summed E-state index contributed by atoms with van der Waals surface area (Å²) >= 11 is 0. The van der Waals surface area contributed by atoms with E-state index in [0.29, 0.717) is 0 Å². The Balaban J connectivity index is 2.36. The van der Waals surface area contributed by atoms with Crippen molar-refractivity contribution in [3.05, 3.63) is 0 Å². The number of amides is 3. The van der Waals surface area contributed by atoms with Crippen molar-refractivity contribution in [3.8, 4) is 0 Å².